The maximum Gasteiger partial charge on any atom is 0.138 e. The molecule has 16 heavy (non-hydrogen) atoms. The zero-order valence-electron chi connectivity index (χ0n) is 9.55. The zero-order chi connectivity index (χ0) is 11.7. The van der Waals surface area contributed by atoms with Crippen LogP contribution in [0.3, 0.4) is 0 Å². The monoisotopic (exact) mass is 285 g/mol. The number of rotatable bonds is 2. The number of fused-ring (bicyclic) bond motifs is 1. The molecule has 2 N–H and O–H groups in total. The van der Waals surface area contributed by atoms with Crippen molar-refractivity contribution in [3.63, 3.8) is 0 Å². The van der Waals surface area contributed by atoms with Gasteiger partial charge in [0, 0.05) is 17.2 Å². The maximum absolute atomic E-state index is 6.16. The van der Waals surface area contributed by atoms with E-state index in [0.717, 1.165) is 40.8 Å². The third-order valence-electron chi connectivity index (χ3n) is 3.08. The van der Waals surface area contributed by atoms with Gasteiger partial charge < -0.3 is 15.2 Å². The highest BCUT2D eigenvalue weighted by Gasteiger charge is 2.26. The topological polar surface area (TPSA) is 44.5 Å². The van der Waals surface area contributed by atoms with Gasteiger partial charge in [-0.2, -0.15) is 0 Å². The summed E-state index contributed by atoms with van der Waals surface area (Å²) in [5, 5.41) is 0. The van der Waals surface area contributed by atoms with Crippen molar-refractivity contribution in [2.24, 2.45) is 5.73 Å². The number of benzene rings is 1. The molecule has 1 aliphatic rings. The SMILES string of the molecule is COc1cc(Br)c(OC)c2c1CCC[C@H]2N. The number of hydrogen-bond acceptors (Lipinski definition) is 3. The quantitative estimate of drug-likeness (QED) is 0.909. The van der Waals surface area contributed by atoms with E-state index in [-0.39, 0.29) is 6.04 Å². The van der Waals surface area contributed by atoms with E-state index in [1.54, 1.807) is 14.2 Å². The van der Waals surface area contributed by atoms with E-state index in [4.69, 9.17) is 15.2 Å². The normalized spacial score (nSPS) is 19.1. The van der Waals surface area contributed by atoms with Gasteiger partial charge in [-0.25, -0.2) is 0 Å². The summed E-state index contributed by atoms with van der Waals surface area (Å²) in [6.07, 6.45) is 3.12. The van der Waals surface area contributed by atoms with Crippen molar-refractivity contribution in [1.29, 1.82) is 0 Å². The molecule has 0 bridgehead atoms. The number of hydrogen-bond donors (Lipinski definition) is 1. The molecule has 0 saturated heterocycles. The standard InChI is InChI=1S/C12H16BrNO2/c1-15-10-6-8(13)12(16-2)11-7(10)4-3-5-9(11)14/h6,9H,3-5,14H2,1-2H3/t9-/m1/s1. The molecule has 0 radical (unpaired) electrons. The fourth-order valence-electron chi connectivity index (χ4n) is 2.35. The molecule has 0 fully saturated rings. The van der Waals surface area contributed by atoms with Crippen LogP contribution in [-0.4, -0.2) is 14.2 Å². The first kappa shape index (κ1) is 11.7. The first-order valence-corrected chi connectivity index (χ1v) is 6.17. The predicted octanol–water partition coefficient (Wildman–Crippen LogP) is 2.80. The summed E-state index contributed by atoms with van der Waals surface area (Å²) < 4.78 is 11.7. The number of halogens is 1. The minimum atomic E-state index is 0.0464. The van der Waals surface area contributed by atoms with E-state index < -0.39 is 0 Å². The van der Waals surface area contributed by atoms with Crippen LogP contribution >= 0.6 is 15.9 Å². The van der Waals surface area contributed by atoms with Gasteiger partial charge in [-0.05, 0) is 41.3 Å². The number of ether oxygens (including phenoxy) is 2. The van der Waals surface area contributed by atoms with E-state index in [9.17, 15) is 0 Å². The molecule has 0 heterocycles. The van der Waals surface area contributed by atoms with Gasteiger partial charge in [0.25, 0.3) is 0 Å². The van der Waals surface area contributed by atoms with Crippen molar-refractivity contribution in [1.82, 2.24) is 0 Å². The molecule has 0 amide bonds. The third-order valence-corrected chi connectivity index (χ3v) is 3.67. The molecule has 1 aromatic rings. The second kappa shape index (κ2) is 4.63. The van der Waals surface area contributed by atoms with Crippen molar-refractivity contribution in [2.45, 2.75) is 25.3 Å². The number of nitrogens with two attached hydrogens (primary N) is 1. The Kier molecular flexibility index (Phi) is 3.40. The molecule has 3 nitrogen and oxygen atoms in total. The van der Waals surface area contributed by atoms with Crippen molar-refractivity contribution in [3.05, 3.63) is 21.7 Å². The summed E-state index contributed by atoms with van der Waals surface area (Å²) in [6.45, 7) is 0. The Morgan fingerprint density at radius 2 is 2.12 bits per heavy atom. The van der Waals surface area contributed by atoms with Crippen LogP contribution < -0.4 is 15.2 Å². The van der Waals surface area contributed by atoms with Crippen LogP contribution in [0.1, 0.15) is 30.0 Å². The average molecular weight is 286 g/mol. The second-order valence-electron chi connectivity index (χ2n) is 3.98. The lowest BCUT2D eigenvalue weighted by Gasteiger charge is -2.26. The minimum Gasteiger partial charge on any atom is -0.496 e. The summed E-state index contributed by atoms with van der Waals surface area (Å²) in [7, 11) is 3.36. The maximum atomic E-state index is 6.16. The molecule has 0 saturated carbocycles. The lowest BCUT2D eigenvalue weighted by molar-refractivity contribution is 0.379. The molecule has 0 aromatic heterocycles. The smallest absolute Gasteiger partial charge is 0.138 e. The molecule has 0 spiro atoms. The predicted molar refractivity (Wildman–Crippen MR) is 67.1 cm³/mol. The molecule has 2 rings (SSSR count). The van der Waals surface area contributed by atoms with Crippen molar-refractivity contribution in [2.75, 3.05) is 14.2 Å². The van der Waals surface area contributed by atoms with Crippen LogP contribution in [0.5, 0.6) is 11.5 Å². The van der Waals surface area contributed by atoms with Gasteiger partial charge in [-0.1, -0.05) is 0 Å². The van der Waals surface area contributed by atoms with Gasteiger partial charge in [0.1, 0.15) is 11.5 Å². The molecule has 0 unspecified atom stereocenters. The van der Waals surface area contributed by atoms with E-state index in [0.29, 0.717) is 0 Å². The Balaban J connectivity index is 2.66. The van der Waals surface area contributed by atoms with Crippen LogP contribution in [0.25, 0.3) is 0 Å². The molecular formula is C12H16BrNO2. The first-order chi connectivity index (χ1) is 7.69. The van der Waals surface area contributed by atoms with E-state index in [2.05, 4.69) is 15.9 Å². The van der Waals surface area contributed by atoms with Crippen molar-refractivity contribution in [3.8, 4) is 11.5 Å². The van der Waals surface area contributed by atoms with Crippen LogP contribution in [-0.2, 0) is 6.42 Å². The highest BCUT2D eigenvalue weighted by atomic mass is 79.9. The van der Waals surface area contributed by atoms with Gasteiger partial charge >= 0.3 is 0 Å². The van der Waals surface area contributed by atoms with Crippen molar-refractivity contribution < 1.29 is 9.47 Å². The van der Waals surface area contributed by atoms with Crippen LogP contribution in [0.4, 0.5) is 0 Å². The Morgan fingerprint density at radius 3 is 2.75 bits per heavy atom. The Bertz CT molecular complexity index is 406. The van der Waals surface area contributed by atoms with Crippen LogP contribution in [0.15, 0.2) is 10.5 Å². The summed E-state index contributed by atoms with van der Waals surface area (Å²) in [5.74, 6) is 1.75. The average Bonchev–Trinajstić information content (AvgIpc) is 2.29. The third kappa shape index (κ3) is 1.80. The Morgan fingerprint density at radius 1 is 1.38 bits per heavy atom. The van der Waals surface area contributed by atoms with E-state index in [1.165, 1.54) is 5.56 Å². The van der Waals surface area contributed by atoms with Gasteiger partial charge in [-0.15, -0.1) is 0 Å². The summed E-state index contributed by atoms with van der Waals surface area (Å²) in [6, 6.07) is 2.00. The van der Waals surface area contributed by atoms with E-state index >= 15 is 0 Å². The lowest BCUT2D eigenvalue weighted by atomic mass is 9.87. The second-order valence-corrected chi connectivity index (χ2v) is 4.84. The fourth-order valence-corrected chi connectivity index (χ4v) is 2.93. The molecule has 1 atom stereocenters. The van der Waals surface area contributed by atoms with Crippen LogP contribution in [0, 0.1) is 0 Å². The molecule has 1 aliphatic carbocycles. The van der Waals surface area contributed by atoms with Gasteiger partial charge in [-0.3, -0.25) is 0 Å². The molecule has 88 valence electrons. The highest BCUT2D eigenvalue weighted by Crippen LogP contribution is 2.44. The van der Waals surface area contributed by atoms with Gasteiger partial charge in [0.15, 0.2) is 0 Å². The van der Waals surface area contributed by atoms with Gasteiger partial charge in [0.2, 0.25) is 0 Å². The fraction of sp³-hybridized carbons (Fsp3) is 0.500. The minimum absolute atomic E-state index is 0.0464. The summed E-state index contributed by atoms with van der Waals surface area (Å²) in [4.78, 5) is 0. The molecule has 0 aliphatic heterocycles. The molecule has 1 aromatic carbocycles. The lowest BCUT2D eigenvalue weighted by Crippen LogP contribution is -2.19. The molecule has 4 heteroatoms. The van der Waals surface area contributed by atoms with Gasteiger partial charge in [0.05, 0.1) is 18.7 Å². The largest absolute Gasteiger partial charge is 0.496 e. The van der Waals surface area contributed by atoms with Crippen molar-refractivity contribution >= 4 is 15.9 Å². The number of methoxy groups -OCH3 is 2. The van der Waals surface area contributed by atoms with E-state index in [1.807, 2.05) is 6.07 Å². The highest BCUT2D eigenvalue weighted by molar-refractivity contribution is 9.10. The summed E-state index contributed by atoms with van der Waals surface area (Å²) >= 11 is 3.49. The Labute approximate surface area is 104 Å². The first-order valence-electron chi connectivity index (χ1n) is 5.37. The zero-order valence-corrected chi connectivity index (χ0v) is 11.1. The summed E-state index contributed by atoms with van der Waals surface area (Å²) in [5.41, 5.74) is 8.45. The van der Waals surface area contributed by atoms with Crippen LogP contribution in [0.2, 0.25) is 0 Å². The Hall–Kier alpha value is -0.740. The molecular weight excluding hydrogens is 270 g/mol.